The van der Waals surface area contributed by atoms with E-state index in [9.17, 15) is 14.9 Å². The maximum Gasteiger partial charge on any atom is 0.309 e. The summed E-state index contributed by atoms with van der Waals surface area (Å²) in [6, 6.07) is 4.43. The summed E-state index contributed by atoms with van der Waals surface area (Å²) >= 11 is 0. The van der Waals surface area contributed by atoms with Crippen molar-refractivity contribution in [1.82, 2.24) is 9.97 Å². The second-order valence-electron chi connectivity index (χ2n) is 5.99. The smallest absolute Gasteiger partial charge is 0.309 e. The van der Waals surface area contributed by atoms with Crippen molar-refractivity contribution < 1.29 is 14.5 Å². The number of nitro groups is 1. The van der Waals surface area contributed by atoms with Crippen molar-refractivity contribution in [3.8, 4) is 0 Å². The number of hydrogen-bond donors (Lipinski definition) is 1. The molecule has 23 heavy (non-hydrogen) atoms. The van der Waals surface area contributed by atoms with Gasteiger partial charge in [0.15, 0.2) is 6.10 Å². The second-order valence-corrected chi connectivity index (χ2v) is 5.99. The van der Waals surface area contributed by atoms with Crippen molar-refractivity contribution in [3.05, 3.63) is 34.1 Å². The molecule has 1 heterocycles. The molecule has 1 N–H and O–H groups in total. The number of aromatic amines is 1. The summed E-state index contributed by atoms with van der Waals surface area (Å²) in [6.07, 6.45) is 4.60. The molecule has 1 unspecified atom stereocenters. The van der Waals surface area contributed by atoms with Crippen molar-refractivity contribution >= 4 is 22.7 Å². The van der Waals surface area contributed by atoms with Gasteiger partial charge in [0.2, 0.25) is 0 Å². The number of hydrogen-bond acceptors (Lipinski definition) is 5. The van der Waals surface area contributed by atoms with Crippen LogP contribution in [0.15, 0.2) is 18.2 Å². The fourth-order valence-corrected chi connectivity index (χ4v) is 2.99. The maximum absolute atomic E-state index is 12.2. The molecule has 1 aromatic carbocycles. The van der Waals surface area contributed by atoms with E-state index in [1.54, 1.807) is 13.0 Å². The zero-order valence-electron chi connectivity index (χ0n) is 12.9. The molecule has 1 atom stereocenters. The van der Waals surface area contributed by atoms with Crippen LogP contribution in [-0.2, 0) is 9.53 Å². The van der Waals surface area contributed by atoms with Gasteiger partial charge in [0.1, 0.15) is 5.82 Å². The molecule has 1 aliphatic carbocycles. The van der Waals surface area contributed by atoms with Crippen molar-refractivity contribution in [2.45, 2.75) is 45.1 Å². The number of H-pyrrole nitrogens is 1. The number of nitro benzene ring substituents is 1. The van der Waals surface area contributed by atoms with Crippen LogP contribution in [0.4, 0.5) is 5.69 Å². The highest BCUT2D eigenvalue weighted by atomic mass is 16.6. The Morgan fingerprint density at radius 3 is 2.83 bits per heavy atom. The molecule has 0 radical (unpaired) electrons. The van der Waals surface area contributed by atoms with Gasteiger partial charge in [0.25, 0.3) is 5.69 Å². The van der Waals surface area contributed by atoms with Crippen molar-refractivity contribution in [2.75, 3.05) is 0 Å². The maximum atomic E-state index is 12.2. The van der Waals surface area contributed by atoms with Crippen LogP contribution >= 0.6 is 0 Å². The summed E-state index contributed by atoms with van der Waals surface area (Å²) < 4.78 is 5.52. The first kappa shape index (κ1) is 15.5. The third-order valence-electron chi connectivity index (χ3n) is 4.31. The Bertz CT molecular complexity index is 734. The molecule has 1 aliphatic rings. The van der Waals surface area contributed by atoms with E-state index in [4.69, 9.17) is 4.74 Å². The molecular formula is C16H19N3O4. The van der Waals surface area contributed by atoms with E-state index in [2.05, 4.69) is 9.97 Å². The van der Waals surface area contributed by atoms with Gasteiger partial charge in [-0.1, -0.05) is 19.3 Å². The van der Waals surface area contributed by atoms with Crippen molar-refractivity contribution in [3.63, 3.8) is 0 Å². The van der Waals surface area contributed by atoms with Gasteiger partial charge >= 0.3 is 5.97 Å². The first-order valence-corrected chi connectivity index (χ1v) is 7.89. The number of nitrogens with one attached hydrogen (secondary N) is 1. The van der Waals surface area contributed by atoms with E-state index in [-0.39, 0.29) is 17.6 Å². The van der Waals surface area contributed by atoms with Gasteiger partial charge in [-0.25, -0.2) is 4.98 Å². The normalized spacial score (nSPS) is 17.1. The predicted octanol–water partition coefficient (Wildman–Crippen LogP) is 3.66. The van der Waals surface area contributed by atoms with Gasteiger partial charge in [0, 0.05) is 12.1 Å². The number of carbonyl (C=O) groups excluding carboxylic acids is 1. The Morgan fingerprint density at radius 2 is 2.13 bits per heavy atom. The largest absolute Gasteiger partial charge is 0.454 e. The molecule has 2 aromatic rings. The lowest BCUT2D eigenvalue weighted by Crippen LogP contribution is -2.22. The minimum atomic E-state index is -0.504. The van der Waals surface area contributed by atoms with E-state index in [1.807, 2.05) is 0 Å². The standard InChI is InChI=1S/C16H19N3O4/c1-10(23-16(20)11-5-3-2-4-6-11)15-17-13-8-7-12(19(21)22)9-14(13)18-15/h7-11H,2-6H2,1H3,(H,17,18). The van der Waals surface area contributed by atoms with E-state index < -0.39 is 11.0 Å². The van der Waals surface area contributed by atoms with Crippen LogP contribution in [0.3, 0.4) is 0 Å². The Hall–Kier alpha value is -2.44. The molecule has 0 spiro atoms. The minimum Gasteiger partial charge on any atom is -0.454 e. The Kier molecular flexibility index (Phi) is 4.27. The van der Waals surface area contributed by atoms with Gasteiger partial charge in [-0.3, -0.25) is 14.9 Å². The van der Waals surface area contributed by atoms with Crippen LogP contribution in [-0.4, -0.2) is 20.9 Å². The number of imidazole rings is 1. The average molecular weight is 317 g/mol. The Morgan fingerprint density at radius 1 is 1.39 bits per heavy atom. The molecule has 122 valence electrons. The molecule has 7 nitrogen and oxygen atoms in total. The molecule has 0 saturated heterocycles. The number of benzene rings is 1. The van der Waals surface area contributed by atoms with E-state index in [1.165, 1.54) is 18.6 Å². The highest BCUT2D eigenvalue weighted by molar-refractivity contribution is 5.78. The lowest BCUT2D eigenvalue weighted by Gasteiger charge is -2.21. The molecule has 7 heteroatoms. The van der Waals surface area contributed by atoms with Crippen LogP contribution < -0.4 is 0 Å². The van der Waals surface area contributed by atoms with Crippen LogP contribution in [0.2, 0.25) is 0 Å². The third-order valence-corrected chi connectivity index (χ3v) is 4.31. The first-order valence-electron chi connectivity index (χ1n) is 7.89. The van der Waals surface area contributed by atoms with Gasteiger partial charge < -0.3 is 9.72 Å². The number of aromatic nitrogens is 2. The van der Waals surface area contributed by atoms with Crippen molar-refractivity contribution in [1.29, 1.82) is 0 Å². The summed E-state index contributed by atoms with van der Waals surface area (Å²) in [6.45, 7) is 1.76. The lowest BCUT2D eigenvalue weighted by atomic mass is 9.89. The Balaban J connectivity index is 1.73. The number of carbonyl (C=O) groups is 1. The number of rotatable bonds is 4. The van der Waals surface area contributed by atoms with Crippen LogP contribution in [0.25, 0.3) is 11.0 Å². The van der Waals surface area contributed by atoms with E-state index in [0.29, 0.717) is 16.9 Å². The number of nitrogens with zero attached hydrogens (tertiary/aromatic N) is 2. The third kappa shape index (κ3) is 3.33. The number of ether oxygens (including phenoxy) is 1. The molecule has 1 aromatic heterocycles. The molecule has 3 rings (SSSR count). The summed E-state index contributed by atoms with van der Waals surface area (Å²) in [5.41, 5.74) is 1.18. The number of fused-ring (bicyclic) bond motifs is 1. The summed E-state index contributed by atoms with van der Waals surface area (Å²) in [5.74, 6) is 0.310. The number of non-ortho nitro benzene ring substituents is 1. The number of esters is 1. The lowest BCUT2D eigenvalue weighted by molar-refractivity contribution is -0.384. The molecular weight excluding hydrogens is 298 g/mol. The summed E-state index contributed by atoms with van der Waals surface area (Å²) in [4.78, 5) is 29.9. The molecule has 0 amide bonds. The zero-order valence-corrected chi connectivity index (χ0v) is 12.9. The van der Waals surface area contributed by atoms with E-state index in [0.717, 1.165) is 25.7 Å². The van der Waals surface area contributed by atoms with E-state index >= 15 is 0 Å². The van der Waals surface area contributed by atoms with Gasteiger partial charge in [-0.2, -0.15) is 0 Å². The average Bonchev–Trinajstić information content (AvgIpc) is 2.98. The molecule has 0 aliphatic heterocycles. The van der Waals surface area contributed by atoms with Crippen LogP contribution in [0.1, 0.15) is 51.0 Å². The fraction of sp³-hybridized carbons (Fsp3) is 0.500. The van der Waals surface area contributed by atoms with Crippen LogP contribution in [0, 0.1) is 16.0 Å². The van der Waals surface area contributed by atoms with Gasteiger partial charge in [-0.15, -0.1) is 0 Å². The quantitative estimate of drug-likeness (QED) is 0.527. The predicted molar refractivity (Wildman–Crippen MR) is 83.8 cm³/mol. The zero-order chi connectivity index (χ0) is 16.4. The van der Waals surface area contributed by atoms with Gasteiger partial charge in [-0.05, 0) is 25.8 Å². The minimum absolute atomic E-state index is 0.000413. The first-order chi connectivity index (χ1) is 11.0. The molecule has 1 fully saturated rings. The highest BCUT2D eigenvalue weighted by Gasteiger charge is 2.25. The highest BCUT2D eigenvalue weighted by Crippen LogP contribution is 2.28. The molecule has 0 bridgehead atoms. The van der Waals surface area contributed by atoms with Crippen LogP contribution in [0.5, 0.6) is 0 Å². The fourth-order valence-electron chi connectivity index (χ4n) is 2.99. The SMILES string of the molecule is CC(OC(=O)C1CCCCC1)c1nc2ccc([N+](=O)[O-])cc2[nH]1. The second kappa shape index (κ2) is 6.36. The Labute approximate surface area is 133 Å². The van der Waals surface area contributed by atoms with Gasteiger partial charge in [0.05, 0.1) is 21.9 Å². The molecule has 1 saturated carbocycles. The summed E-state index contributed by atoms with van der Waals surface area (Å²) in [7, 11) is 0. The monoisotopic (exact) mass is 317 g/mol. The summed E-state index contributed by atoms with van der Waals surface area (Å²) in [5, 5.41) is 10.8. The topological polar surface area (TPSA) is 98.1 Å². The van der Waals surface area contributed by atoms with Crippen molar-refractivity contribution in [2.24, 2.45) is 5.92 Å².